The highest BCUT2D eigenvalue weighted by Crippen LogP contribution is 2.21. The van der Waals surface area contributed by atoms with Gasteiger partial charge in [-0.2, -0.15) is 9.65 Å². The van der Waals surface area contributed by atoms with E-state index >= 15 is 0 Å². The summed E-state index contributed by atoms with van der Waals surface area (Å²) in [5, 5.41) is 21.1. The summed E-state index contributed by atoms with van der Waals surface area (Å²) in [7, 11) is 0. The highest BCUT2D eigenvalue weighted by molar-refractivity contribution is 5.94. The van der Waals surface area contributed by atoms with Gasteiger partial charge in [0.2, 0.25) is 5.82 Å². The van der Waals surface area contributed by atoms with E-state index in [-0.39, 0.29) is 6.54 Å². The second-order valence-electron chi connectivity index (χ2n) is 3.91. The van der Waals surface area contributed by atoms with Crippen LogP contribution in [-0.4, -0.2) is 17.4 Å². The Kier molecular flexibility index (Phi) is 5.53. The molecule has 1 rings (SSSR count). The van der Waals surface area contributed by atoms with Crippen LogP contribution in [0.4, 0.5) is 14.5 Å². The first-order chi connectivity index (χ1) is 9.47. The van der Waals surface area contributed by atoms with E-state index in [9.17, 15) is 23.7 Å². The van der Waals surface area contributed by atoms with Crippen molar-refractivity contribution < 1.29 is 18.5 Å². The number of hydrogen-bond donors (Lipinski definition) is 1. The number of nitrogens with one attached hydrogen (secondary N) is 1. The minimum atomic E-state index is -1.27. The second-order valence-corrected chi connectivity index (χ2v) is 3.91. The van der Waals surface area contributed by atoms with Crippen molar-refractivity contribution in [2.75, 3.05) is 6.54 Å². The third-order valence-corrected chi connectivity index (χ3v) is 2.48. The van der Waals surface area contributed by atoms with Crippen LogP contribution in [0.15, 0.2) is 12.1 Å². The molecule has 0 fully saturated rings. The first-order valence-corrected chi connectivity index (χ1v) is 5.76. The Labute approximate surface area is 113 Å². The van der Waals surface area contributed by atoms with E-state index in [1.807, 2.05) is 6.07 Å². The molecule has 20 heavy (non-hydrogen) atoms. The quantitative estimate of drug-likeness (QED) is 0.492. The molecule has 106 valence electrons. The Morgan fingerprint density at radius 2 is 2.05 bits per heavy atom. The number of nitro benzene ring substituents is 1. The third-order valence-electron chi connectivity index (χ3n) is 2.48. The van der Waals surface area contributed by atoms with E-state index in [2.05, 4.69) is 5.32 Å². The lowest BCUT2D eigenvalue weighted by Crippen LogP contribution is -2.25. The number of nitrogens with zero attached hydrogens (tertiary/aromatic N) is 2. The maximum absolute atomic E-state index is 13.5. The van der Waals surface area contributed by atoms with Gasteiger partial charge in [-0.1, -0.05) is 0 Å². The summed E-state index contributed by atoms with van der Waals surface area (Å²) in [6.45, 7) is 0.207. The molecular weight excluding hydrogens is 272 g/mol. The molecule has 0 heterocycles. The Morgan fingerprint density at radius 3 is 2.65 bits per heavy atom. The van der Waals surface area contributed by atoms with Crippen molar-refractivity contribution in [3.63, 3.8) is 0 Å². The zero-order chi connectivity index (χ0) is 15.1. The van der Waals surface area contributed by atoms with Crippen LogP contribution in [0.25, 0.3) is 0 Å². The molecule has 1 amide bonds. The number of amides is 1. The molecule has 1 aromatic carbocycles. The van der Waals surface area contributed by atoms with E-state index in [1.165, 1.54) is 0 Å². The SMILES string of the molecule is N#CCCCCNC(=O)c1cc(F)c([N+](=O)[O-])cc1F. The van der Waals surface area contributed by atoms with E-state index in [1.54, 1.807) is 0 Å². The highest BCUT2D eigenvalue weighted by atomic mass is 19.1. The number of benzene rings is 1. The average Bonchev–Trinajstić information content (AvgIpc) is 2.40. The lowest BCUT2D eigenvalue weighted by molar-refractivity contribution is -0.387. The molecule has 0 atom stereocenters. The van der Waals surface area contributed by atoms with Gasteiger partial charge in [-0.15, -0.1) is 0 Å². The zero-order valence-electron chi connectivity index (χ0n) is 10.4. The van der Waals surface area contributed by atoms with E-state index in [4.69, 9.17) is 5.26 Å². The number of hydrogen-bond acceptors (Lipinski definition) is 4. The van der Waals surface area contributed by atoms with Crippen molar-refractivity contribution in [3.8, 4) is 6.07 Å². The molecular formula is C12H11F2N3O3. The van der Waals surface area contributed by atoms with Gasteiger partial charge in [-0.05, 0) is 18.9 Å². The molecule has 1 N–H and O–H groups in total. The smallest absolute Gasteiger partial charge is 0.307 e. The summed E-state index contributed by atoms with van der Waals surface area (Å²) in [6, 6.07) is 2.81. The molecule has 0 spiro atoms. The molecule has 0 bridgehead atoms. The van der Waals surface area contributed by atoms with Gasteiger partial charge in [0.25, 0.3) is 5.91 Å². The summed E-state index contributed by atoms with van der Waals surface area (Å²) in [5.74, 6) is -3.29. The lowest BCUT2D eigenvalue weighted by atomic mass is 10.1. The predicted octanol–water partition coefficient (Wildman–Crippen LogP) is 2.30. The Bertz CT molecular complexity index is 570. The van der Waals surface area contributed by atoms with Crippen LogP contribution in [-0.2, 0) is 0 Å². The van der Waals surface area contributed by atoms with Crippen molar-refractivity contribution in [2.45, 2.75) is 19.3 Å². The van der Waals surface area contributed by atoms with Gasteiger partial charge in [0, 0.05) is 13.0 Å². The zero-order valence-corrected chi connectivity index (χ0v) is 10.4. The normalized spacial score (nSPS) is 9.85. The maximum Gasteiger partial charge on any atom is 0.307 e. The Balaban J connectivity index is 2.72. The molecule has 0 aromatic heterocycles. The Morgan fingerprint density at radius 1 is 1.35 bits per heavy atom. The molecule has 0 aliphatic carbocycles. The highest BCUT2D eigenvalue weighted by Gasteiger charge is 2.21. The molecule has 0 radical (unpaired) electrons. The van der Waals surface area contributed by atoms with Crippen LogP contribution in [0.5, 0.6) is 0 Å². The van der Waals surface area contributed by atoms with Gasteiger partial charge < -0.3 is 5.32 Å². The van der Waals surface area contributed by atoms with E-state index in [0.29, 0.717) is 31.4 Å². The number of nitriles is 1. The maximum atomic E-state index is 13.5. The summed E-state index contributed by atoms with van der Waals surface area (Å²) in [4.78, 5) is 20.9. The molecule has 8 heteroatoms. The Hall–Kier alpha value is -2.56. The van der Waals surface area contributed by atoms with Gasteiger partial charge in [0.15, 0.2) is 0 Å². The van der Waals surface area contributed by atoms with Crippen molar-refractivity contribution in [2.24, 2.45) is 0 Å². The van der Waals surface area contributed by atoms with Crippen LogP contribution < -0.4 is 5.32 Å². The fourth-order valence-corrected chi connectivity index (χ4v) is 1.48. The second kappa shape index (κ2) is 7.13. The van der Waals surface area contributed by atoms with Crippen LogP contribution in [0.2, 0.25) is 0 Å². The molecule has 0 aliphatic rings. The largest absolute Gasteiger partial charge is 0.352 e. The van der Waals surface area contributed by atoms with Crippen LogP contribution in [0.3, 0.4) is 0 Å². The molecule has 0 saturated heterocycles. The van der Waals surface area contributed by atoms with E-state index in [0.717, 1.165) is 0 Å². The van der Waals surface area contributed by atoms with E-state index < -0.39 is 33.7 Å². The molecule has 6 nitrogen and oxygen atoms in total. The molecule has 0 unspecified atom stereocenters. The molecule has 0 aliphatic heterocycles. The minimum Gasteiger partial charge on any atom is -0.352 e. The first-order valence-electron chi connectivity index (χ1n) is 5.76. The number of unbranched alkanes of at least 4 members (excludes halogenated alkanes) is 2. The number of carbonyl (C=O) groups is 1. The lowest BCUT2D eigenvalue weighted by Gasteiger charge is -2.06. The van der Waals surface area contributed by atoms with Gasteiger partial charge >= 0.3 is 5.69 Å². The van der Waals surface area contributed by atoms with Crippen molar-refractivity contribution in [1.82, 2.24) is 5.32 Å². The summed E-state index contributed by atoms with van der Waals surface area (Å²) in [6.07, 6.45) is 1.45. The minimum absolute atomic E-state index is 0.207. The van der Waals surface area contributed by atoms with Crippen LogP contribution >= 0.6 is 0 Å². The number of nitro groups is 1. The topological polar surface area (TPSA) is 96.0 Å². The van der Waals surface area contributed by atoms with Crippen molar-refractivity contribution >= 4 is 11.6 Å². The summed E-state index contributed by atoms with van der Waals surface area (Å²) >= 11 is 0. The van der Waals surface area contributed by atoms with Crippen LogP contribution in [0, 0.1) is 33.1 Å². The van der Waals surface area contributed by atoms with Crippen molar-refractivity contribution in [3.05, 3.63) is 39.4 Å². The number of halogens is 2. The third kappa shape index (κ3) is 3.98. The summed E-state index contributed by atoms with van der Waals surface area (Å²) < 4.78 is 26.8. The monoisotopic (exact) mass is 283 g/mol. The number of rotatable bonds is 6. The van der Waals surface area contributed by atoms with Crippen molar-refractivity contribution in [1.29, 1.82) is 5.26 Å². The predicted molar refractivity (Wildman–Crippen MR) is 64.8 cm³/mol. The number of carbonyl (C=O) groups excluding carboxylic acids is 1. The standard InChI is InChI=1S/C12H11F2N3O3/c13-9-7-11(17(19)20)10(14)6-8(9)12(18)16-5-3-1-2-4-15/h6-7H,1-3,5H2,(H,16,18). The van der Waals surface area contributed by atoms with Gasteiger partial charge in [0.05, 0.1) is 22.6 Å². The van der Waals surface area contributed by atoms with Gasteiger partial charge in [0.1, 0.15) is 5.82 Å². The molecule has 1 aromatic rings. The first kappa shape index (κ1) is 15.5. The average molecular weight is 283 g/mol. The fourth-order valence-electron chi connectivity index (χ4n) is 1.48. The van der Waals surface area contributed by atoms with Crippen LogP contribution in [0.1, 0.15) is 29.6 Å². The molecule has 0 saturated carbocycles. The van der Waals surface area contributed by atoms with Gasteiger partial charge in [-0.3, -0.25) is 14.9 Å². The van der Waals surface area contributed by atoms with Gasteiger partial charge in [-0.25, -0.2) is 4.39 Å². The summed E-state index contributed by atoms with van der Waals surface area (Å²) in [5.41, 5.74) is -1.61. The fraction of sp³-hybridized carbons (Fsp3) is 0.333.